The molecule has 1 N–H and O–H groups in total. The maximum atomic E-state index is 15.2. The highest BCUT2D eigenvalue weighted by molar-refractivity contribution is 5.87. The van der Waals surface area contributed by atoms with Gasteiger partial charge in [-0.15, -0.1) is 0 Å². The molecule has 2 aliphatic heterocycles. The molecule has 3 fully saturated rings. The van der Waals surface area contributed by atoms with Crippen LogP contribution in [0.25, 0.3) is 0 Å². The van der Waals surface area contributed by atoms with Gasteiger partial charge in [0.05, 0.1) is 6.07 Å². The largest absolute Gasteiger partial charge is 0.444 e. The Balaban J connectivity index is 1.36. The molecule has 4 rings (SSSR count). The van der Waals surface area contributed by atoms with Crippen molar-refractivity contribution >= 4 is 17.7 Å². The summed E-state index contributed by atoms with van der Waals surface area (Å²) in [7, 11) is 0. The van der Waals surface area contributed by atoms with Gasteiger partial charge in [0.15, 0.2) is 0 Å². The number of hydrogen-bond acceptors (Lipinski definition) is 6. The van der Waals surface area contributed by atoms with Gasteiger partial charge >= 0.3 is 6.09 Å². The van der Waals surface area contributed by atoms with Gasteiger partial charge in [-0.25, -0.2) is 9.18 Å². The Labute approximate surface area is 238 Å². The van der Waals surface area contributed by atoms with E-state index in [1.165, 1.54) is 12.8 Å². The number of fused-ring (bicyclic) bond motifs is 2. The fourth-order valence-corrected chi connectivity index (χ4v) is 6.73. The summed E-state index contributed by atoms with van der Waals surface area (Å²) in [5.41, 5.74) is 0.566. The summed E-state index contributed by atoms with van der Waals surface area (Å²) in [6.45, 7) is 13.5. The van der Waals surface area contributed by atoms with E-state index in [2.05, 4.69) is 35.0 Å². The summed E-state index contributed by atoms with van der Waals surface area (Å²) in [4.78, 5) is 32.6. The van der Waals surface area contributed by atoms with Gasteiger partial charge in [-0.05, 0) is 76.5 Å². The van der Waals surface area contributed by atoms with E-state index in [9.17, 15) is 14.9 Å². The molecule has 0 radical (unpaired) electrons. The van der Waals surface area contributed by atoms with Crippen LogP contribution in [0, 0.1) is 23.1 Å². The highest BCUT2D eigenvalue weighted by atomic mass is 19.1. The minimum atomic E-state index is -0.902. The second-order valence-electron chi connectivity index (χ2n) is 12.6. The molecule has 5 atom stereocenters. The SMILES string of the molecule is CCCC(CC)N1CCN(c2ccc(C[C@@H](C#N)NC(=O)C3C4CCC(C4)N3C(=O)OC(C)(C)C)c(F)c2)CC1. The molecular formula is C31H46FN5O3. The number of hydrogen-bond donors (Lipinski definition) is 1. The van der Waals surface area contributed by atoms with Crippen LogP contribution in [0.5, 0.6) is 0 Å². The number of nitrogens with one attached hydrogen (secondary N) is 1. The molecular weight excluding hydrogens is 509 g/mol. The Morgan fingerprint density at radius 3 is 2.50 bits per heavy atom. The molecule has 1 aromatic carbocycles. The Morgan fingerprint density at radius 1 is 1.18 bits per heavy atom. The van der Waals surface area contributed by atoms with Crippen molar-refractivity contribution in [1.29, 1.82) is 5.26 Å². The summed E-state index contributed by atoms with van der Waals surface area (Å²) in [5.74, 6) is -0.696. The number of piperidine rings is 1. The van der Waals surface area contributed by atoms with E-state index < -0.39 is 23.8 Å². The van der Waals surface area contributed by atoms with Gasteiger partial charge in [-0.3, -0.25) is 14.6 Å². The van der Waals surface area contributed by atoms with Crippen molar-refractivity contribution in [3.8, 4) is 6.07 Å². The average Bonchev–Trinajstić information content (AvgIpc) is 3.54. The van der Waals surface area contributed by atoms with E-state index >= 15 is 4.39 Å². The first-order valence-electron chi connectivity index (χ1n) is 15.0. The van der Waals surface area contributed by atoms with Crippen molar-refractivity contribution in [2.75, 3.05) is 31.1 Å². The van der Waals surface area contributed by atoms with E-state index in [-0.39, 0.29) is 30.1 Å². The number of halogens is 1. The lowest BCUT2D eigenvalue weighted by molar-refractivity contribution is -0.128. The van der Waals surface area contributed by atoms with Crippen molar-refractivity contribution < 1.29 is 18.7 Å². The van der Waals surface area contributed by atoms with Crippen molar-refractivity contribution in [1.82, 2.24) is 15.1 Å². The van der Waals surface area contributed by atoms with Crippen LogP contribution >= 0.6 is 0 Å². The monoisotopic (exact) mass is 555 g/mol. The van der Waals surface area contributed by atoms with Crippen LogP contribution in [0.4, 0.5) is 14.9 Å². The Bertz CT molecular complexity index is 1090. The maximum Gasteiger partial charge on any atom is 0.411 e. The summed E-state index contributed by atoms with van der Waals surface area (Å²) < 4.78 is 20.8. The van der Waals surface area contributed by atoms with Gasteiger partial charge in [0.2, 0.25) is 5.91 Å². The molecule has 2 heterocycles. The Hall–Kier alpha value is -2.86. The second kappa shape index (κ2) is 12.8. The van der Waals surface area contributed by atoms with E-state index in [1.807, 2.05) is 6.07 Å². The molecule has 1 aliphatic carbocycles. The standard InChI is InChI=1S/C31H46FN5O3/c1-6-8-24(7-2)35-13-15-36(16-14-35)25-11-9-21(27(32)19-25)17-23(20-33)34-29(38)28-22-10-12-26(18-22)37(28)30(39)40-31(3,4)5/h9,11,19,22-24,26,28H,6-8,10,12-18H2,1-5H3,(H,34,38)/t22?,23-,24?,26?,28?/m0/s1. The Kier molecular flexibility index (Phi) is 9.60. The Morgan fingerprint density at radius 2 is 1.90 bits per heavy atom. The molecule has 8 nitrogen and oxygen atoms in total. The number of piperazine rings is 1. The normalized spacial score (nSPS) is 24.5. The van der Waals surface area contributed by atoms with Crippen molar-refractivity contribution in [2.45, 2.75) is 109 Å². The van der Waals surface area contributed by atoms with E-state index in [4.69, 9.17) is 4.74 Å². The number of carbonyl (C=O) groups excluding carboxylic acids is 2. The van der Waals surface area contributed by atoms with Crippen LogP contribution in [-0.4, -0.2) is 77.7 Å². The number of benzene rings is 1. The lowest BCUT2D eigenvalue weighted by atomic mass is 9.97. The van der Waals surface area contributed by atoms with Crippen LogP contribution in [0.1, 0.15) is 78.7 Å². The molecule has 220 valence electrons. The lowest BCUT2D eigenvalue weighted by Gasteiger charge is -2.40. The molecule has 1 aromatic rings. The number of carbonyl (C=O) groups is 2. The van der Waals surface area contributed by atoms with Gasteiger partial charge in [-0.1, -0.05) is 26.3 Å². The molecule has 40 heavy (non-hydrogen) atoms. The zero-order valence-corrected chi connectivity index (χ0v) is 24.8. The first kappa shape index (κ1) is 30.1. The fourth-order valence-electron chi connectivity index (χ4n) is 6.73. The summed E-state index contributed by atoms with van der Waals surface area (Å²) in [6, 6.07) is 6.32. The molecule has 2 amide bonds. The average molecular weight is 556 g/mol. The first-order valence-corrected chi connectivity index (χ1v) is 15.0. The molecule has 2 saturated heterocycles. The number of nitriles is 1. The molecule has 1 saturated carbocycles. The quantitative estimate of drug-likeness (QED) is 0.468. The third kappa shape index (κ3) is 6.88. The van der Waals surface area contributed by atoms with Crippen LogP contribution in [0.2, 0.25) is 0 Å². The number of amides is 2. The molecule has 9 heteroatoms. The van der Waals surface area contributed by atoms with Crippen molar-refractivity contribution in [3.05, 3.63) is 29.6 Å². The van der Waals surface area contributed by atoms with Gasteiger partial charge in [0.1, 0.15) is 23.5 Å². The number of anilines is 1. The molecule has 0 aromatic heterocycles. The van der Waals surface area contributed by atoms with Gasteiger partial charge in [0, 0.05) is 50.4 Å². The van der Waals surface area contributed by atoms with Gasteiger partial charge in [-0.2, -0.15) is 5.26 Å². The zero-order chi connectivity index (χ0) is 29.0. The van der Waals surface area contributed by atoms with Crippen LogP contribution < -0.4 is 10.2 Å². The van der Waals surface area contributed by atoms with E-state index in [0.29, 0.717) is 11.6 Å². The van der Waals surface area contributed by atoms with Crippen molar-refractivity contribution in [3.63, 3.8) is 0 Å². The smallest absolute Gasteiger partial charge is 0.411 e. The topological polar surface area (TPSA) is 88.9 Å². The number of nitrogens with zero attached hydrogens (tertiary/aromatic N) is 4. The predicted octanol–water partition coefficient (Wildman–Crippen LogP) is 4.87. The molecule has 3 aliphatic rings. The van der Waals surface area contributed by atoms with Crippen LogP contribution in [0.15, 0.2) is 18.2 Å². The van der Waals surface area contributed by atoms with E-state index in [1.54, 1.807) is 37.8 Å². The molecule has 4 unspecified atom stereocenters. The second-order valence-corrected chi connectivity index (χ2v) is 12.6. The third-order valence-corrected chi connectivity index (χ3v) is 8.68. The number of likely N-dealkylation sites (tertiary alicyclic amines) is 1. The predicted molar refractivity (Wildman–Crippen MR) is 153 cm³/mol. The summed E-state index contributed by atoms with van der Waals surface area (Å²) >= 11 is 0. The lowest BCUT2D eigenvalue weighted by Crippen LogP contribution is -2.55. The maximum absolute atomic E-state index is 15.2. The fraction of sp³-hybridized carbons (Fsp3) is 0.710. The third-order valence-electron chi connectivity index (χ3n) is 8.68. The number of rotatable bonds is 9. The van der Waals surface area contributed by atoms with Crippen LogP contribution in [-0.2, 0) is 16.0 Å². The highest BCUT2D eigenvalue weighted by Gasteiger charge is 2.52. The minimum Gasteiger partial charge on any atom is -0.444 e. The van der Waals surface area contributed by atoms with Crippen molar-refractivity contribution in [2.24, 2.45) is 5.92 Å². The van der Waals surface area contributed by atoms with E-state index in [0.717, 1.165) is 57.5 Å². The summed E-state index contributed by atoms with van der Waals surface area (Å²) in [6.07, 6.45) is 5.57. The summed E-state index contributed by atoms with van der Waals surface area (Å²) in [5, 5.41) is 12.6. The minimum absolute atomic E-state index is 0.0255. The van der Waals surface area contributed by atoms with Gasteiger partial charge < -0.3 is 15.0 Å². The van der Waals surface area contributed by atoms with Crippen LogP contribution in [0.3, 0.4) is 0 Å². The molecule has 0 spiro atoms. The zero-order valence-electron chi connectivity index (χ0n) is 24.8. The highest BCUT2D eigenvalue weighted by Crippen LogP contribution is 2.43. The first-order chi connectivity index (χ1) is 19.0. The molecule has 2 bridgehead atoms. The number of ether oxygens (including phenoxy) is 1. The van der Waals surface area contributed by atoms with Gasteiger partial charge in [0.25, 0.3) is 0 Å².